The predicted molar refractivity (Wildman–Crippen MR) is 175 cm³/mol. The average Bonchev–Trinajstić information content (AvgIpc) is 3.08. The second-order valence-corrected chi connectivity index (χ2v) is 10.3. The van der Waals surface area contributed by atoms with Crippen molar-refractivity contribution in [2.24, 2.45) is 0 Å². The van der Waals surface area contributed by atoms with Gasteiger partial charge in [0.1, 0.15) is 0 Å². The standard InChI is InChI=1S/C37H34O7/c1-39-30-14-24(20-38)25(15-31(30)40-2)37-28-18-34(43-5)32(41-3)16-26(28)36(23-12-11-21-9-7-8-10-22(21)13-23)27-17-33(42-4)35(44-6)19-29(27)37/h7-19,38H,20H2,1-6H3. The van der Waals surface area contributed by atoms with Gasteiger partial charge in [0.2, 0.25) is 0 Å². The van der Waals surface area contributed by atoms with Crippen molar-refractivity contribution in [3.8, 4) is 56.8 Å². The molecule has 224 valence electrons. The SMILES string of the molecule is COc1cc(CO)c(-c2c3cc(OC)c(OC)cc3c(-c3ccc4ccccc4c3)c3cc(OC)c(OC)cc23)cc1OC. The van der Waals surface area contributed by atoms with Crippen LogP contribution < -0.4 is 28.4 Å². The molecule has 0 aliphatic heterocycles. The van der Waals surface area contributed by atoms with Gasteiger partial charge >= 0.3 is 0 Å². The number of hydrogen-bond donors (Lipinski definition) is 1. The number of aliphatic hydroxyl groups is 1. The Kier molecular flexibility index (Phi) is 7.80. The van der Waals surface area contributed by atoms with Crippen molar-refractivity contribution in [1.29, 1.82) is 0 Å². The fourth-order valence-corrected chi connectivity index (χ4v) is 6.11. The molecule has 0 heterocycles. The second-order valence-electron chi connectivity index (χ2n) is 10.3. The summed E-state index contributed by atoms with van der Waals surface area (Å²) in [5.41, 5.74) is 4.35. The molecule has 6 rings (SSSR count). The monoisotopic (exact) mass is 590 g/mol. The number of aliphatic hydroxyl groups excluding tert-OH is 1. The van der Waals surface area contributed by atoms with Gasteiger partial charge in [-0.25, -0.2) is 0 Å². The van der Waals surface area contributed by atoms with E-state index in [-0.39, 0.29) is 6.61 Å². The second kappa shape index (κ2) is 11.9. The normalized spacial score (nSPS) is 11.2. The fraction of sp³-hybridized carbons (Fsp3) is 0.189. The smallest absolute Gasteiger partial charge is 0.161 e. The summed E-state index contributed by atoms with van der Waals surface area (Å²) in [6, 6.07) is 26.5. The highest BCUT2D eigenvalue weighted by molar-refractivity contribution is 6.23. The third-order valence-electron chi connectivity index (χ3n) is 8.21. The molecule has 1 N–H and O–H groups in total. The molecule has 0 atom stereocenters. The number of methoxy groups -OCH3 is 6. The Morgan fingerprint density at radius 2 is 0.886 bits per heavy atom. The first kappa shape index (κ1) is 29.0. The highest BCUT2D eigenvalue weighted by Gasteiger charge is 2.24. The number of benzene rings is 6. The third kappa shape index (κ3) is 4.66. The van der Waals surface area contributed by atoms with Crippen molar-refractivity contribution in [3.05, 3.63) is 84.4 Å². The maximum absolute atomic E-state index is 10.6. The maximum atomic E-state index is 10.6. The number of hydrogen-bond acceptors (Lipinski definition) is 7. The van der Waals surface area contributed by atoms with Crippen LogP contribution in [-0.4, -0.2) is 47.8 Å². The maximum Gasteiger partial charge on any atom is 0.161 e. The summed E-state index contributed by atoms with van der Waals surface area (Å²) in [5, 5.41) is 16.6. The van der Waals surface area contributed by atoms with Crippen molar-refractivity contribution < 1.29 is 33.5 Å². The molecule has 0 radical (unpaired) electrons. The van der Waals surface area contributed by atoms with E-state index in [1.165, 1.54) is 0 Å². The zero-order chi connectivity index (χ0) is 31.0. The summed E-state index contributed by atoms with van der Waals surface area (Å²) in [6.07, 6.45) is 0. The summed E-state index contributed by atoms with van der Waals surface area (Å²) >= 11 is 0. The molecule has 0 saturated carbocycles. The van der Waals surface area contributed by atoms with E-state index in [1.54, 1.807) is 42.7 Å². The molecule has 0 aliphatic carbocycles. The van der Waals surface area contributed by atoms with Gasteiger partial charge in [-0.1, -0.05) is 36.4 Å². The Morgan fingerprint density at radius 1 is 0.455 bits per heavy atom. The van der Waals surface area contributed by atoms with Crippen molar-refractivity contribution in [1.82, 2.24) is 0 Å². The Labute approximate surface area is 256 Å². The predicted octanol–water partition coefficient (Wildman–Crippen LogP) is 8.02. The molecule has 0 bridgehead atoms. The molecule has 44 heavy (non-hydrogen) atoms. The number of ether oxygens (including phenoxy) is 6. The zero-order valence-corrected chi connectivity index (χ0v) is 25.6. The Morgan fingerprint density at radius 3 is 1.36 bits per heavy atom. The molecular formula is C37H34O7. The summed E-state index contributed by atoms with van der Waals surface area (Å²) in [6.45, 7) is -0.217. The highest BCUT2D eigenvalue weighted by Crippen LogP contribution is 2.51. The van der Waals surface area contributed by atoms with E-state index in [0.717, 1.165) is 54.6 Å². The molecule has 7 nitrogen and oxygen atoms in total. The van der Waals surface area contributed by atoms with Crippen LogP contribution in [0.5, 0.6) is 34.5 Å². The van der Waals surface area contributed by atoms with Crippen LogP contribution in [0.25, 0.3) is 54.6 Å². The van der Waals surface area contributed by atoms with E-state index in [9.17, 15) is 5.11 Å². The lowest BCUT2D eigenvalue weighted by Gasteiger charge is -2.23. The van der Waals surface area contributed by atoms with Crippen LogP contribution in [0.2, 0.25) is 0 Å². The topological polar surface area (TPSA) is 75.6 Å². The van der Waals surface area contributed by atoms with Gasteiger partial charge in [0.25, 0.3) is 0 Å². The molecule has 0 aromatic heterocycles. The van der Waals surface area contributed by atoms with Crippen molar-refractivity contribution >= 4 is 32.3 Å². The van der Waals surface area contributed by atoms with Crippen LogP contribution in [0.15, 0.2) is 78.9 Å². The van der Waals surface area contributed by atoms with E-state index in [4.69, 9.17) is 28.4 Å². The fourth-order valence-electron chi connectivity index (χ4n) is 6.11. The lowest BCUT2D eigenvalue weighted by molar-refractivity contribution is 0.281. The molecule has 0 saturated heterocycles. The van der Waals surface area contributed by atoms with Gasteiger partial charge in [0, 0.05) is 0 Å². The van der Waals surface area contributed by atoms with E-state index >= 15 is 0 Å². The number of rotatable bonds is 9. The molecule has 6 aromatic rings. The Hall–Kier alpha value is -5.14. The van der Waals surface area contributed by atoms with Gasteiger partial charge in [-0.15, -0.1) is 0 Å². The molecule has 0 fully saturated rings. The third-order valence-corrected chi connectivity index (χ3v) is 8.21. The molecule has 0 spiro atoms. The van der Waals surface area contributed by atoms with Crippen molar-refractivity contribution in [3.63, 3.8) is 0 Å². The van der Waals surface area contributed by atoms with Gasteiger partial charge in [-0.3, -0.25) is 0 Å². The minimum atomic E-state index is -0.217. The summed E-state index contributed by atoms with van der Waals surface area (Å²) in [5.74, 6) is 3.43. The van der Waals surface area contributed by atoms with E-state index < -0.39 is 0 Å². The average molecular weight is 591 g/mol. The number of fused-ring (bicyclic) bond motifs is 3. The lowest BCUT2D eigenvalue weighted by Crippen LogP contribution is -2.00. The minimum Gasteiger partial charge on any atom is -0.493 e. The summed E-state index contributed by atoms with van der Waals surface area (Å²) in [4.78, 5) is 0. The van der Waals surface area contributed by atoms with E-state index in [2.05, 4.69) is 30.3 Å². The molecular weight excluding hydrogens is 556 g/mol. The van der Waals surface area contributed by atoms with Gasteiger partial charge in [-0.2, -0.15) is 0 Å². The highest BCUT2D eigenvalue weighted by atomic mass is 16.5. The van der Waals surface area contributed by atoms with E-state index in [0.29, 0.717) is 40.1 Å². The van der Waals surface area contributed by atoms with Crippen molar-refractivity contribution in [2.75, 3.05) is 42.7 Å². The van der Waals surface area contributed by atoms with Gasteiger partial charge in [0.05, 0.1) is 49.3 Å². The van der Waals surface area contributed by atoms with Crippen LogP contribution in [0, 0.1) is 0 Å². The first-order chi connectivity index (χ1) is 21.5. The van der Waals surface area contributed by atoms with Crippen molar-refractivity contribution in [2.45, 2.75) is 6.61 Å². The summed E-state index contributed by atoms with van der Waals surface area (Å²) in [7, 11) is 9.69. The first-order valence-corrected chi connectivity index (χ1v) is 14.1. The van der Waals surface area contributed by atoms with E-state index in [1.807, 2.05) is 48.5 Å². The van der Waals surface area contributed by atoms with Crippen LogP contribution in [0.4, 0.5) is 0 Å². The molecule has 0 aliphatic rings. The Bertz CT molecular complexity index is 1960. The van der Waals surface area contributed by atoms with Crippen LogP contribution in [0.3, 0.4) is 0 Å². The Balaban J connectivity index is 1.88. The summed E-state index contributed by atoms with van der Waals surface area (Å²) < 4.78 is 34.5. The van der Waals surface area contributed by atoms with Crippen LogP contribution in [-0.2, 0) is 6.61 Å². The first-order valence-electron chi connectivity index (χ1n) is 14.1. The van der Waals surface area contributed by atoms with Crippen LogP contribution in [0.1, 0.15) is 5.56 Å². The van der Waals surface area contributed by atoms with Gasteiger partial charge in [0.15, 0.2) is 34.5 Å². The van der Waals surface area contributed by atoms with Crippen LogP contribution >= 0.6 is 0 Å². The quantitative estimate of drug-likeness (QED) is 0.171. The van der Waals surface area contributed by atoms with Gasteiger partial charge in [-0.05, 0) is 103 Å². The molecule has 0 unspecified atom stereocenters. The molecule has 7 heteroatoms. The minimum absolute atomic E-state index is 0.217. The molecule has 0 amide bonds. The lowest BCUT2D eigenvalue weighted by atomic mass is 9.84. The molecule has 6 aromatic carbocycles. The largest absolute Gasteiger partial charge is 0.493 e. The zero-order valence-electron chi connectivity index (χ0n) is 25.6. The van der Waals surface area contributed by atoms with Gasteiger partial charge < -0.3 is 33.5 Å².